The minimum absolute atomic E-state index is 0.0843. The van der Waals surface area contributed by atoms with Gasteiger partial charge in [0, 0.05) is 6.54 Å². The molecule has 2 fully saturated rings. The van der Waals surface area contributed by atoms with Crippen molar-refractivity contribution >= 4 is 5.91 Å². The van der Waals surface area contributed by atoms with Crippen molar-refractivity contribution in [3.8, 4) is 0 Å². The van der Waals surface area contributed by atoms with E-state index in [0.29, 0.717) is 5.92 Å². The summed E-state index contributed by atoms with van der Waals surface area (Å²) in [5.41, 5.74) is 0. The highest BCUT2D eigenvalue weighted by Gasteiger charge is 2.24. The molecular weight excluding hydrogens is 200 g/mol. The maximum Gasteiger partial charge on any atom is 0.237 e. The molecule has 3 unspecified atom stereocenters. The molecule has 1 saturated heterocycles. The van der Waals surface area contributed by atoms with E-state index in [1.54, 1.807) is 0 Å². The Labute approximate surface area is 98.4 Å². The van der Waals surface area contributed by atoms with Gasteiger partial charge in [-0.25, -0.2) is 0 Å². The van der Waals surface area contributed by atoms with Crippen LogP contribution in [-0.2, 0) is 4.79 Å². The molecule has 3 atom stereocenters. The van der Waals surface area contributed by atoms with Crippen molar-refractivity contribution < 1.29 is 4.79 Å². The summed E-state index contributed by atoms with van der Waals surface area (Å²) in [4.78, 5) is 11.8. The predicted molar refractivity (Wildman–Crippen MR) is 65.2 cm³/mol. The zero-order valence-corrected chi connectivity index (χ0v) is 10.3. The average Bonchev–Trinajstić information content (AvgIpc) is 2.79. The first-order valence-electron chi connectivity index (χ1n) is 6.77. The van der Waals surface area contributed by atoms with Crippen molar-refractivity contribution in [2.75, 3.05) is 13.1 Å². The van der Waals surface area contributed by atoms with E-state index in [1.165, 1.54) is 25.7 Å². The van der Waals surface area contributed by atoms with Gasteiger partial charge in [0.25, 0.3) is 0 Å². The van der Waals surface area contributed by atoms with Gasteiger partial charge in [-0.1, -0.05) is 19.8 Å². The van der Waals surface area contributed by atoms with Gasteiger partial charge in [0.15, 0.2) is 0 Å². The van der Waals surface area contributed by atoms with E-state index in [1.807, 2.05) is 0 Å². The lowest BCUT2D eigenvalue weighted by molar-refractivity contribution is -0.123. The molecule has 3 heteroatoms. The molecule has 2 aliphatic rings. The lowest BCUT2D eigenvalue weighted by Gasteiger charge is -2.27. The monoisotopic (exact) mass is 224 g/mol. The second-order valence-electron chi connectivity index (χ2n) is 5.53. The minimum atomic E-state index is 0.0843. The van der Waals surface area contributed by atoms with Crippen LogP contribution in [0.3, 0.4) is 0 Å². The van der Waals surface area contributed by atoms with Crippen LogP contribution in [-0.4, -0.2) is 25.0 Å². The number of hydrogen-bond acceptors (Lipinski definition) is 2. The van der Waals surface area contributed by atoms with Crippen molar-refractivity contribution in [3.63, 3.8) is 0 Å². The Morgan fingerprint density at radius 3 is 2.88 bits per heavy atom. The summed E-state index contributed by atoms with van der Waals surface area (Å²) in [6.07, 6.45) is 7.44. The highest BCUT2D eigenvalue weighted by atomic mass is 16.2. The zero-order valence-electron chi connectivity index (χ0n) is 10.3. The molecular formula is C13H24N2O. The topological polar surface area (TPSA) is 41.1 Å². The van der Waals surface area contributed by atoms with Crippen LogP contribution in [0.15, 0.2) is 0 Å². The van der Waals surface area contributed by atoms with Crippen LogP contribution in [0.2, 0.25) is 0 Å². The molecule has 1 amide bonds. The molecule has 0 radical (unpaired) electrons. The Hall–Kier alpha value is -0.570. The van der Waals surface area contributed by atoms with Gasteiger partial charge < -0.3 is 10.6 Å². The zero-order chi connectivity index (χ0) is 11.4. The van der Waals surface area contributed by atoms with Gasteiger partial charge in [0.2, 0.25) is 5.91 Å². The molecule has 0 aromatic heterocycles. The number of nitrogens with one attached hydrogen (secondary N) is 2. The van der Waals surface area contributed by atoms with Crippen LogP contribution in [0.4, 0.5) is 0 Å². The Kier molecular flexibility index (Phi) is 4.22. The molecule has 92 valence electrons. The molecule has 0 spiro atoms. The maximum atomic E-state index is 11.8. The van der Waals surface area contributed by atoms with Crippen LogP contribution < -0.4 is 10.6 Å². The summed E-state index contributed by atoms with van der Waals surface area (Å²) in [5.74, 6) is 1.78. The molecule has 1 aliphatic carbocycles. The molecule has 16 heavy (non-hydrogen) atoms. The van der Waals surface area contributed by atoms with E-state index in [-0.39, 0.29) is 11.9 Å². The van der Waals surface area contributed by atoms with Crippen molar-refractivity contribution in [1.82, 2.24) is 10.6 Å². The van der Waals surface area contributed by atoms with Gasteiger partial charge >= 0.3 is 0 Å². The van der Waals surface area contributed by atoms with Gasteiger partial charge in [-0.15, -0.1) is 0 Å². The number of carbonyl (C=O) groups is 1. The number of carbonyl (C=O) groups excluding carboxylic acids is 1. The fraction of sp³-hybridized carbons (Fsp3) is 0.923. The Morgan fingerprint density at radius 1 is 1.31 bits per heavy atom. The van der Waals surface area contributed by atoms with E-state index >= 15 is 0 Å². The van der Waals surface area contributed by atoms with E-state index in [9.17, 15) is 4.79 Å². The second kappa shape index (κ2) is 5.67. The summed E-state index contributed by atoms with van der Waals surface area (Å²) in [6.45, 7) is 4.21. The Morgan fingerprint density at radius 2 is 2.19 bits per heavy atom. The summed E-state index contributed by atoms with van der Waals surface area (Å²) in [6, 6.07) is 0.0843. The standard InChI is InChI=1S/C13H24N2O/c1-10-4-2-5-11(8-10)9-15-13(16)12-6-3-7-14-12/h10-12,14H,2-9H2,1H3,(H,15,16). The summed E-state index contributed by atoms with van der Waals surface area (Å²) in [7, 11) is 0. The molecule has 1 aliphatic heterocycles. The highest BCUT2D eigenvalue weighted by molar-refractivity contribution is 5.81. The lowest BCUT2D eigenvalue weighted by atomic mass is 9.82. The molecule has 3 nitrogen and oxygen atoms in total. The first-order chi connectivity index (χ1) is 7.75. The molecule has 2 N–H and O–H groups in total. The van der Waals surface area contributed by atoms with Gasteiger partial charge in [0.05, 0.1) is 6.04 Å². The van der Waals surface area contributed by atoms with E-state index in [2.05, 4.69) is 17.6 Å². The quantitative estimate of drug-likeness (QED) is 0.766. The van der Waals surface area contributed by atoms with Crippen molar-refractivity contribution in [3.05, 3.63) is 0 Å². The SMILES string of the molecule is CC1CCCC(CNC(=O)C2CCCN2)C1. The van der Waals surface area contributed by atoms with Gasteiger partial charge in [-0.2, -0.15) is 0 Å². The molecule has 2 rings (SSSR count). The van der Waals surface area contributed by atoms with Gasteiger partial charge in [0.1, 0.15) is 0 Å². The summed E-state index contributed by atoms with van der Waals surface area (Å²) >= 11 is 0. The fourth-order valence-corrected chi connectivity index (χ4v) is 3.02. The smallest absolute Gasteiger partial charge is 0.237 e. The Bertz CT molecular complexity index is 236. The van der Waals surface area contributed by atoms with Gasteiger partial charge in [-0.05, 0) is 44.1 Å². The summed E-state index contributed by atoms with van der Waals surface area (Å²) in [5, 5.41) is 6.35. The van der Waals surface area contributed by atoms with E-state index < -0.39 is 0 Å². The van der Waals surface area contributed by atoms with Crippen LogP contribution in [0.1, 0.15) is 45.4 Å². The van der Waals surface area contributed by atoms with Crippen LogP contribution >= 0.6 is 0 Å². The van der Waals surface area contributed by atoms with E-state index in [4.69, 9.17) is 0 Å². The molecule has 0 aromatic carbocycles. The second-order valence-corrected chi connectivity index (χ2v) is 5.53. The van der Waals surface area contributed by atoms with Gasteiger partial charge in [-0.3, -0.25) is 4.79 Å². The third kappa shape index (κ3) is 3.21. The minimum Gasteiger partial charge on any atom is -0.354 e. The number of rotatable bonds is 3. The Balaban J connectivity index is 1.67. The number of hydrogen-bond donors (Lipinski definition) is 2. The van der Waals surface area contributed by atoms with Crippen LogP contribution in [0.5, 0.6) is 0 Å². The van der Waals surface area contributed by atoms with Crippen LogP contribution in [0, 0.1) is 11.8 Å². The summed E-state index contributed by atoms with van der Waals surface area (Å²) < 4.78 is 0. The third-order valence-electron chi connectivity index (χ3n) is 3.99. The van der Waals surface area contributed by atoms with Crippen LogP contribution in [0.25, 0.3) is 0 Å². The van der Waals surface area contributed by atoms with Crippen molar-refractivity contribution in [2.45, 2.75) is 51.5 Å². The highest BCUT2D eigenvalue weighted by Crippen LogP contribution is 2.27. The molecule has 1 heterocycles. The van der Waals surface area contributed by atoms with Crippen molar-refractivity contribution in [1.29, 1.82) is 0 Å². The molecule has 1 saturated carbocycles. The normalized spacial score (nSPS) is 34.9. The predicted octanol–water partition coefficient (Wildman–Crippen LogP) is 1.68. The molecule has 0 aromatic rings. The fourth-order valence-electron chi connectivity index (χ4n) is 3.02. The average molecular weight is 224 g/mol. The number of amides is 1. The lowest BCUT2D eigenvalue weighted by Crippen LogP contribution is -2.42. The third-order valence-corrected chi connectivity index (χ3v) is 3.99. The maximum absolute atomic E-state index is 11.8. The van der Waals surface area contributed by atoms with E-state index in [0.717, 1.165) is 31.8 Å². The largest absolute Gasteiger partial charge is 0.354 e. The molecule has 0 bridgehead atoms. The first-order valence-corrected chi connectivity index (χ1v) is 6.77. The first kappa shape index (κ1) is 11.9. The van der Waals surface area contributed by atoms with Crippen molar-refractivity contribution in [2.24, 2.45) is 11.8 Å².